The molecule has 3 aromatic rings. The summed E-state index contributed by atoms with van der Waals surface area (Å²) in [7, 11) is 11.1. The van der Waals surface area contributed by atoms with E-state index >= 15 is 0 Å². The Kier molecular flexibility index (Phi) is 3.82. The van der Waals surface area contributed by atoms with Crippen LogP contribution in [0.4, 0.5) is 0 Å². The highest BCUT2D eigenvalue weighted by atomic mass is 16.3. The van der Waals surface area contributed by atoms with E-state index in [1.165, 1.54) is 54.8 Å². The van der Waals surface area contributed by atoms with Gasteiger partial charge >= 0.3 is 0 Å². The first kappa shape index (κ1) is 17.4. The van der Waals surface area contributed by atoms with E-state index in [0.717, 1.165) is 11.2 Å². The molecule has 0 unspecified atom stereocenters. The van der Waals surface area contributed by atoms with Gasteiger partial charge in [-0.1, -0.05) is 53.6 Å². The second kappa shape index (κ2) is 5.28. The van der Waals surface area contributed by atoms with E-state index < -0.39 is 0 Å². The lowest BCUT2D eigenvalue weighted by molar-refractivity contribution is 0.599. The van der Waals surface area contributed by atoms with E-state index in [2.05, 4.69) is 73.9 Å². The fraction of sp³-hybridized carbons (Fsp3) is 0.333. The van der Waals surface area contributed by atoms with Gasteiger partial charge in [-0.2, -0.15) is 0 Å². The SMILES string of the molecule is Bc1c(C)c(C)c2c(oc3c(B)c(B)c(B)c(C(C)(C)C)c32)c1B. The maximum Gasteiger partial charge on any atom is 0.143 e. The third kappa shape index (κ3) is 2.15. The Bertz CT molecular complexity index is 1010. The molecule has 118 valence electrons. The van der Waals surface area contributed by atoms with Crippen molar-refractivity contribution < 1.29 is 4.42 Å². The normalized spacial score (nSPS) is 12.4. The minimum atomic E-state index is 0.0801. The highest BCUT2D eigenvalue weighted by Gasteiger charge is 2.27. The van der Waals surface area contributed by atoms with Gasteiger partial charge in [-0.25, -0.2) is 0 Å². The van der Waals surface area contributed by atoms with Crippen molar-refractivity contribution in [2.75, 3.05) is 0 Å². The Morgan fingerprint density at radius 1 is 0.625 bits per heavy atom. The molecule has 0 aliphatic heterocycles. The van der Waals surface area contributed by atoms with Crippen LogP contribution in [0, 0.1) is 13.8 Å². The molecule has 0 atom stereocenters. The Balaban J connectivity index is 2.76. The zero-order chi connectivity index (χ0) is 18.1. The molecule has 1 aromatic heterocycles. The average Bonchev–Trinajstić information content (AvgIpc) is 2.87. The number of aryl methyl sites for hydroxylation is 1. The molecule has 0 radical (unpaired) electrons. The van der Waals surface area contributed by atoms with Crippen LogP contribution in [0.2, 0.25) is 0 Å². The minimum absolute atomic E-state index is 0.0801. The highest BCUT2D eigenvalue weighted by molar-refractivity contribution is 6.61. The Morgan fingerprint density at radius 3 is 1.67 bits per heavy atom. The van der Waals surface area contributed by atoms with Gasteiger partial charge in [-0.3, -0.25) is 0 Å². The third-order valence-corrected chi connectivity index (χ3v) is 6.15. The summed E-state index contributed by atoms with van der Waals surface area (Å²) < 4.78 is 6.50. The summed E-state index contributed by atoms with van der Waals surface area (Å²) in [5.41, 5.74) is 13.1. The zero-order valence-corrected chi connectivity index (χ0v) is 16.9. The summed E-state index contributed by atoms with van der Waals surface area (Å²) in [5.74, 6) is 0. The van der Waals surface area contributed by atoms with Crippen molar-refractivity contribution in [3.8, 4) is 0 Å². The summed E-state index contributed by atoms with van der Waals surface area (Å²) in [6.45, 7) is 11.4. The van der Waals surface area contributed by atoms with Gasteiger partial charge in [-0.15, -0.1) is 0 Å². The van der Waals surface area contributed by atoms with Gasteiger partial charge < -0.3 is 4.42 Å². The molecule has 0 bridgehead atoms. The number of hydrogen-bond donors (Lipinski definition) is 0. The summed E-state index contributed by atoms with van der Waals surface area (Å²) >= 11 is 0. The predicted molar refractivity (Wildman–Crippen MR) is 123 cm³/mol. The van der Waals surface area contributed by atoms with Crippen molar-refractivity contribution in [1.82, 2.24) is 0 Å². The van der Waals surface area contributed by atoms with Gasteiger partial charge in [0.05, 0.1) is 0 Å². The van der Waals surface area contributed by atoms with Crippen molar-refractivity contribution in [2.45, 2.75) is 40.0 Å². The molecule has 24 heavy (non-hydrogen) atoms. The maximum atomic E-state index is 6.50. The monoisotopic (exact) mass is 312 g/mol. The molecule has 0 saturated heterocycles. The lowest BCUT2D eigenvalue weighted by Gasteiger charge is -2.26. The first-order valence-corrected chi connectivity index (χ1v) is 8.91. The lowest BCUT2D eigenvalue weighted by Crippen LogP contribution is -2.43. The van der Waals surface area contributed by atoms with E-state index in [0.29, 0.717) is 0 Å². The topological polar surface area (TPSA) is 13.1 Å². The second-order valence-electron chi connectivity index (χ2n) is 8.51. The van der Waals surface area contributed by atoms with Gasteiger partial charge in [0.2, 0.25) is 0 Å². The Morgan fingerprint density at radius 2 is 1.12 bits per heavy atom. The van der Waals surface area contributed by atoms with Crippen molar-refractivity contribution in [3.63, 3.8) is 0 Å². The molecule has 2 aromatic carbocycles. The lowest BCUT2D eigenvalue weighted by atomic mass is 9.64. The van der Waals surface area contributed by atoms with Gasteiger partial charge in [0.15, 0.2) is 0 Å². The standard InChI is InChI=1S/C18H25B5O/c1-6-7(2)11(19)14(22)16-8(6)9-10(18(3,4)5)12(20)13(21)15(23)17(9)24-16/h19-23H2,1-5H3. The van der Waals surface area contributed by atoms with E-state index in [4.69, 9.17) is 4.42 Å². The van der Waals surface area contributed by atoms with Crippen molar-refractivity contribution in [2.24, 2.45) is 0 Å². The van der Waals surface area contributed by atoms with Crippen LogP contribution in [0.15, 0.2) is 4.42 Å². The Labute approximate surface area is 150 Å². The van der Waals surface area contributed by atoms with Crippen molar-refractivity contribution in [1.29, 1.82) is 0 Å². The van der Waals surface area contributed by atoms with Crippen LogP contribution in [0.1, 0.15) is 37.5 Å². The predicted octanol–water partition coefficient (Wildman–Crippen LogP) is -3.21. The van der Waals surface area contributed by atoms with Crippen LogP contribution >= 0.6 is 0 Å². The van der Waals surface area contributed by atoms with Gasteiger partial charge in [0.1, 0.15) is 50.4 Å². The third-order valence-electron chi connectivity index (χ3n) is 6.15. The molecule has 0 amide bonds. The highest BCUT2D eigenvalue weighted by Crippen LogP contribution is 2.36. The van der Waals surface area contributed by atoms with E-state index in [1.54, 1.807) is 0 Å². The molecule has 0 aliphatic rings. The van der Waals surface area contributed by atoms with Gasteiger partial charge in [0, 0.05) is 10.8 Å². The quantitative estimate of drug-likeness (QED) is 0.399. The number of fused-ring (bicyclic) bond motifs is 3. The molecule has 0 fully saturated rings. The molecule has 1 nitrogen and oxygen atoms in total. The van der Waals surface area contributed by atoms with Gasteiger partial charge in [0.25, 0.3) is 0 Å². The molecular weight excluding hydrogens is 286 g/mol. The largest absolute Gasteiger partial charge is 0.457 e. The van der Waals surface area contributed by atoms with Crippen LogP contribution in [0.5, 0.6) is 0 Å². The molecule has 0 aliphatic carbocycles. The first-order chi connectivity index (χ1) is 11.0. The molecule has 0 N–H and O–H groups in total. The van der Waals surface area contributed by atoms with E-state index in [1.807, 2.05) is 0 Å². The molecule has 0 saturated carbocycles. The minimum Gasteiger partial charge on any atom is -0.457 e. The van der Waals surface area contributed by atoms with Crippen molar-refractivity contribution in [3.05, 3.63) is 16.7 Å². The molecule has 1 heterocycles. The molecule has 6 heteroatoms. The van der Waals surface area contributed by atoms with E-state index in [-0.39, 0.29) is 5.41 Å². The van der Waals surface area contributed by atoms with Crippen LogP contribution in [-0.2, 0) is 5.41 Å². The van der Waals surface area contributed by atoms with Crippen LogP contribution in [-0.4, -0.2) is 39.2 Å². The molecule has 3 rings (SSSR count). The summed E-state index contributed by atoms with van der Waals surface area (Å²) in [4.78, 5) is 0. The maximum absolute atomic E-state index is 6.50. The first-order valence-electron chi connectivity index (χ1n) is 8.91. The zero-order valence-electron chi connectivity index (χ0n) is 16.9. The number of rotatable bonds is 0. The number of furan rings is 1. The molecule has 0 spiro atoms. The Hall–Kier alpha value is -1.44. The van der Waals surface area contributed by atoms with Crippen LogP contribution < -0.4 is 27.3 Å². The molecular formula is C18H25B5O. The smallest absolute Gasteiger partial charge is 0.143 e. The second-order valence-corrected chi connectivity index (χ2v) is 8.51. The summed E-state index contributed by atoms with van der Waals surface area (Å²) in [6.07, 6.45) is 0. The fourth-order valence-electron chi connectivity index (χ4n) is 4.24. The summed E-state index contributed by atoms with van der Waals surface area (Å²) in [6, 6.07) is 0. The van der Waals surface area contributed by atoms with Crippen molar-refractivity contribution >= 4 is 88.5 Å². The fourth-order valence-corrected chi connectivity index (χ4v) is 4.24. The van der Waals surface area contributed by atoms with Crippen LogP contribution in [0.3, 0.4) is 0 Å². The van der Waals surface area contributed by atoms with E-state index in [9.17, 15) is 0 Å². The van der Waals surface area contributed by atoms with Crippen LogP contribution in [0.25, 0.3) is 21.9 Å². The van der Waals surface area contributed by atoms with Gasteiger partial charge in [-0.05, 0) is 30.4 Å². The summed E-state index contributed by atoms with van der Waals surface area (Å²) in [5, 5.41) is 2.66. The average molecular weight is 311 g/mol. The number of hydrogen-bond acceptors (Lipinski definition) is 1. The number of benzene rings is 2.